The van der Waals surface area contributed by atoms with Crippen LogP contribution in [0, 0.1) is 11.7 Å². The van der Waals surface area contributed by atoms with Crippen molar-refractivity contribution in [1.82, 2.24) is 10.2 Å². The predicted molar refractivity (Wildman–Crippen MR) is 90.1 cm³/mol. The Morgan fingerprint density at radius 2 is 1.96 bits per heavy atom. The van der Waals surface area contributed by atoms with Gasteiger partial charge in [-0.25, -0.2) is 9.18 Å². The fraction of sp³-hybridized carbons (Fsp3) is 0.611. The van der Waals surface area contributed by atoms with Gasteiger partial charge in [0.1, 0.15) is 5.82 Å². The van der Waals surface area contributed by atoms with Crippen LogP contribution in [0.2, 0.25) is 0 Å². The summed E-state index contributed by atoms with van der Waals surface area (Å²) in [5, 5.41) is 2.90. The fourth-order valence-electron chi connectivity index (χ4n) is 2.96. The van der Waals surface area contributed by atoms with Crippen molar-refractivity contribution in [3.63, 3.8) is 0 Å². The number of nitrogens with one attached hydrogen (secondary N) is 1. The van der Waals surface area contributed by atoms with Crippen LogP contribution in [0.25, 0.3) is 0 Å². The number of halogens is 1. The molecule has 0 aromatic heterocycles. The van der Waals surface area contributed by atoms with Crippen LogP contribution in [-0.4, -0.2) is 43.5 Å². The average Bonchev–Trinajstić information content (AvgIpc) is 2.97. The second-order valence-corrected chi connectivity index (χ2v) is 6.63. The van der Waals surface area contributed by atoms with Gasteiger partial charge < -0.3 is 19.7 Å². The number of ether oxygens (including phenoxy) is 2. The van der Waals surface area contributed by atoms with E-state index in [4.69, 9.17) is 9.47 Å². The third kappa shape index (κ3) is 4.68. The van der Waals surface area contributed by atoms with Gasteiger partial charge in [0.05, 0.1) is 19.3 Å². The van der Waals surface area contributed by atoms with Gasteiger partial charge in [-0.15, -0.1) is 0 Å². The first kappa shape index (κ1) is 18.7. The second-order valence-electron chi connectivity index (χ2n) is 6.63. The zero-order valence-corrected chi connectivity index (χ0v) is 14.8. The summed E-state index contributed by atoms with van der Waals surface area (Å²) in [7, 11) is 1.67. The number of nitrogens with zero attached hydrogens (tertiary/aromatic N) is 1. The molecule has 5 nitrogen and oxygen atoms in total. The molecule has 2 atom stereocenters. The Hall–Kier alpha value is -1.66. The first-order valence-corrected chi connectivity index (χ1v) is 8.35. The van der Waals surface area contributed by atoms with Crippen molar-refractivity contribution < 1.29 is 18.7 Å². The zero-order valence-electron chi connectivity index (χ0n) is 14.8. The monoisotopic (exact) mass is 338 g/mol. The van der Waals surface area contributed by atoms with Crippen LogP contribution in [0.15, 0.2) is 24.3 Å². The number of hydrogen-bond donors (Lipinski definition) is 1. The van der Waals surface area contributed by atoms with E-state index in [1.165, 1.54) is 11.0 Å². The lowest BCUT2D eigenvalue weighted by molar-refractivity contribution is -0.153. The van der Waals surface area contributed by atoms with Gasteiger partial charge >= 0.3 is 6.03 Å². The third-order valence-corrected chi connectivity index (χ3v) is 4.48. The highest BCUT2D eigenvalue weighted by atomic mass is 19.1. The summed E-state index contributed by atoms with van der Waals surface area (Å²) in [4.78, 5) is 13.8. The predicted octanol–water partition coefficient (Wildman–Crippen LogP) is 3.32. The third-order valence-electron chi connectivity index (χ3n) is 4.48. The lowest BCUT2D eigenvalue weighted by Crippen LogP contribution is -2.41. The van der Waals surface area contributed by atoms with Gasteiger partial charge in [0.2, 0.25) is 0 Å². The van der Waals surface area contributed by atoms with E-state index in [0.717, 1.165) is 0 Å². The van der Waals surface area contributed by atoms with Crippen molar-refractivity contribution in [2.45, 2.75) is 39.0 Å². The lowest BCUT2D eigenvalue weighted by Gasteiger charge is -2.28. The standard InChI is InChI=1S/C18H27FN2O3/c1-13(11-18(3)23-9-10-24-18)12-20-17(22)21(4)14(2)15-7-5-6-8-16(15)19/h5-8,13-14H,9-12H2,1-4H3,(H,20,22)/t13-,14+/m1/s1. The Balaban J connectivity index is 1.84. The van der Waals surface area contributed by atoms with Crippen LogP contribution in [0.1, 0.15) is 38.8 Å². The van der Waals surface area contributed by atoms with Gasteiger partial charge in [-0.2, -0.15) is 0 Å². The molecule has 1 aromatic rings. The fourth-order valence-corrected chi connectivity index (χ4v) is 2.96. The molecular formula is C18H27FN2O3. The maximum atomic E-state index is 13.9. The van der Waals surface area contributed by atoms with Gasteiger partial charge in [0, 0.05) is 25.6 Å². The van der Waals surface area contributed by atoms with Crippen molar-refractivity contribution >= 4 is 6.03 Å². The van der Waals surface area contributed by atoms with Gasteiger partial charge in [-0.3, -0.25) is 0 Å². The van der Waals surface area contributed by atoms with Gasteiger partial charge in [0.25, 0.3) is 0 Å². The van der Waals surface area contributed by atoms with E-state index in [2.05, 4.69) is 5.32 Å². The van der Waals surface area contributed by atoms with Crippen LogP contribution in [-0.2, 0) is 9.47 Å². The summed E-state index contributed by atoms with van der Waals surface area (Å²) in [6.07, 6.45) is 0.708. The van der Waals surface area contributed by atoms with E-state index >= 15 is 0 Å². The highest BCUT2D eigenvalue weighted by Gasteiger charge is 2.32. The number of amides is 2. The van der Waals surface area contributed by atoms with E-state index in [1.807, 2.05) is 20.8 Å². The number of carbonyl (C=O) groups excluding carboxylic acids is 1. The van der Waals surface area contributed by atoms with E-state index in [0.29, 0.717) is 31.7 Å². The molecule has 0 spiro atoms. The molecule has 6 heteroatoms. The Kier molecular flexibility index (Phi) is 6.18. The van der Waals surface area contributed by atoms with Gasteiger partial charge in [0.15, 0.2) is 5.79 Å². The molecule has 0 radical (unpaired) electrons. The van der Waals surface area contributed by atoms with Crippen LogP contribution >= 0.6 is 0 Å². The van der Waals surface area contributed by atoms with Crippen molar-refractivity contribution in [3.8, 4) is 0 Å². The highest BCUT2D eigenvalue weighted by molar-refractivity contribution is 5.74. The SMILES string of the molecule is C[C@@H](CNC(=O)N(C)[C@@H](C)c1ccccc1F)CC1(C)OCCO1. The second kappa shape index (κ2) is 7.94. The Morgan fingerprint density at radius 3 is 2.58 bits per heavy atom. The number of urea groups is 1. The first-order valence-electron chi connectivity index (χ1n) is 8.35. The van der Waals surface area contributed by atoms with Crippen molar-refractivity contribution in [2.24, 2.45) is 5.92 Å². The maximum absolute atomic E-state index is 13.9. The van der Waals surface area contributed by atoms with Gasteiger partial charge in [-0.05, 0) is 25.8 Å². The smallest absolute Gasteiger partial charge is 0.317 e. The number of rotatable bonds is 6. The molecule has 2 rings (SSSR count). The number of hydrogen-bond acceptors (Lipinski definition) is 3. The molecule has 1 saturated heterocycles. The normalized spacial score (nSPS) is 18.9. The molecule has 0 bridgehead atoms. The Bertz CT molecular complexity index is 561. The molecule has 2 amide bonds. The van der Waals surface area contributed by atoms with E-state index in [-0.39, 0.29) is 23.8 Å². The number of carbonyl (C=O) groups is 1. The topological polar surface area (TPSA) is 50.8 Å². The van der Waals surface area contributed by atoms with Crippen LogP contribution in [0.5, 0.6) is 0 Å². The summed E-state index contributed by atoms with van der Waals surface area (Å²) < 4.78 is 25.0. The average molecular weight is 338 g/mol. The van der Waals surface area contributed by atoms with Crippen LogP contribution in [0.4, 0.5) is 9.18 Å². The maximum Gasteiger partial charge on any atom is 0.317 e. The van der Waals surface area contributed by atoms with Crippen molar-refractivity contribution in [3.05, 3.63) is 35.6 Å². The Morgan fingerprint density at radius 1 is 1.33 bits per heavy atom. The van der Waals surface area contributed by atoms with Gasteiger partial charge in [-0.1, -0.05) is 25.1 Å². The molecule has 24 heavy (non-hydrogen) atoms. The Labute approximate surface area is 143 Å². The van der Waals surface area contributed by atoms with Crippen molar-refractivity contribution in [2.75, 3.05) is 26.8 Å². The highest BCUT2D eigenvalue weighted by Crippen LogP contribution is 2.26. The molecule has 1 aliphatic heterocycles. The van der Waals surface area contributed by atoms with E-state index in [9.17, 15) is 9.18 Å². The minimum absolute atomic E-state index is 0.203. The lowest BCUT2D eigenvalue weighted by atomic mass is 10.0. The minimum Gasteiger partial charge on any atom is -0.348 e. The molecular weight excluding hydrogens is 311 g/mol. The minimum atomic E-state index is -0.559. The molecule has 134 valence electrons. The first-order chi connectivity index (χ1) is 11.3. The van der Waals surface area contributed by atoms with Crippen molar-refractivity contribution in [1.29, 1.82) is 0 Å². The largest absolute Gasteiger partial charge is 0.348 e. The summed E-state index contributed by atoms with van der Waals surface area (Å²) in [5.41, 5.74) is 0.503. The zero-order chi connectivity index (χ0) is 17.7. The molecule has 1 aliphatic rings. The summed E-state index contributed by atoms with van der Waals surface area (Å²) in [6.45, 7) is 7.50. The van der Waals surface area contributed by atoms with E-state index in [1.54, 1.807) is 25.2 Å². The molecule has 0 saturated carbocycles. The molecule has 1 aromatic carbocycles. The summed E-state index contributed by atoms with van der Waals surface area (Å²) in [6, 6.07) is 5.94. The van der Waals surface area contributed by atoms with Crippen LogP contribution < -0.4 is 5.32 Å². The quantitative estimate of drug-likeness (QED) is 0.866. The molecule has 1 heterocycles. The molecule has 0 unspecified atom stereocenters. The molecule has 1 fully saturated rings. The summed E-state index contributed by atoms with van der Waals surface area (Å²) >= 11 is 0. The number of benzene rings is 1. The van der Waals surface area contributed by atoms with E-state index < -0.39 is 5.79 Å². The molecule has 1 N–H and O–H groups in total. The molecule has 0 aliphatic carbocycles. The van der Waals surface area contributed by atoms with Crippen LogP contribution in [0.3, 0.4) is 0 Å². The summed E-state index contributed by atoms with van der Waals surface area (Å²) in [5.74, 6) is -0.660.